The molecule has 2 aromatic heterocycles. The van der Waals surface area contributed by atoms with E-state index in [2.05, 4.69) is 20.6 Å². The van der Waals surface area contributed by atoms with Crippen molar-refractivity contribution >= 4 is 17.3 Å². The van der Waals surface area contributed by atoms with Gasteiger partial charge in [0, 0.05) is 55.2 Å². The smallest absolute Gasteiger partial charge is 0.255 e. The number of aromatic nitrogens is 2. The highest BCUT2D eigenvalue weighted by Gasteiger charge is 2.29. The maximum atomic E-state index is 14.4. The first kappa shape index (κ1) is 22.7. The fraction of sp³-hybridized carbons (Fsp3) is 0.304. The molecule has 0 saturated heterocycles. The fourth-order valence-corrected chi connectivity index (χ4v) is 3.81. The number of carbonyl (C=O) groups excluding carboxylic acids is 1. The Labute approximate surface area is 188 Å². The van der Waals surface area contributed by atoms with Gasteiger partial charge in [-0.1, -0.05) is 6.07 Å². The summed E-state index contributed by atoms with van der Waals surface area (Å²) in [6.45, 7) is 1.10. The van der Waals surface area contributed by atoms with Gasteiger partial charge in [-0.15, -0.1) is 0 Å². The first-order chi connectivity index (χ1) is 16.0. The van der Waals surface area contributed by atoms with Gasteiger partial charge in [0.2, 0.25) is 6.43 Å². The lowest BCUT2D eigenvalue weighted by Gasteiger charge is -2.18. The maximum Gasteiger partial charge on any atom is 0.255 e. The van der Waals surface area contributed by atoms with Crippen LogP contribution in [0.25, 0.3) is 11.3 Å². The van der Waals surface area contributed by atoms with E-state index in [1.54, 1.807) is 25.6 Å². The molecule has 10 heteroatoms. The molecule has 0 saturated carbocycles. The van der Waals surface area contributed by atoms with Crippen molar-refractivity contribution in [2.45, 2.75) is 19.3 Å². The number of alkyl halides is 2. The van der Waals surface area contributed by atoms with Crippen molar-refractivity contribution in [3.05, 3.63) is 59.3 Å². The molecule has 1 aliphatic rings. The highest BCUT2D eigenvalue weighted by atomic mass is 19.3. The molecule has 3 aromatic rings. The molecule has 1 amide bonds. The molecule has 174 valence electrons. The third kappa shape index (κ3) is 4.80. The Hall–Kier alpha value is -3.53. The van der Waals surface area contributed by atoms with Crippen LogP contribution in [0, 0.1) is 5.82 Å². The van der Waals surface area contributed by atoms with Crippen molar-refractivity contribution in [2.24, 2.45) is 0 Å². The Morgan fingerprint density at radius 1 is 1.24 bits per heavy atom. The molecule has 0 atom stereocenters. The molecule has 3 heterocycles. The number of fused-ring (bicyclic) bond motifs is 1. The minimum absolute atomic E-state index is 0.157. The first-order valence-electron chi connectivity index (χ1n) is 10.4. The zero-order valence-electron chi connectivity index (χ0n) is 17.9. The lowest BCUT2D eigenvalue weighted by molar-refractivity contribution is 0.0946. The lowest BCUT2D eigenvalue weighted by atomic mass is 10.0. The molecular formula is C23H23F3N4O3. The number of amides is 1. The van der Waals surface area contributed by atoms with E-state index in [9.17, 15) is 18.0 Å². The van der Waals surface area contributed by atoms with Crippen LogP contribution in [0.15, 0.2) is 36.7 Å². The van der Waals surface area contributed by atoms with Gasteiger partial charge in [-0.05, 0) is 18.2 Å². The van der Waals surface area contributed by atoms with Crippen LogP contribution in [0.2, 0.25) is 0 Å². The van der Waals surface area contributed by atoms with E-state index in [1.807, 2.05) is 0 Å². The van der Waals surface area contributed by atoms with Crippen molar-refractivity contribution < 1.29 is 27.4 Å². The zero-order valence-corrected chi connectivity index (χ0v) is 17.9. The number of nitrogens with zero attached hydrogens (tertiary/aromatic N) is 1. The van der Waals surface area contributed by atoms with Gasteiger partial charge in [0.05, 0.1) is 29.7 Å². The molecule has 1 aliphatic heterocycles. The van der Waals surface area contributed by atoms with Crippen molar-refractivity contribution in [2.75, 3.05) is 32.2 Å². The molecule has 1 aromatic carbocycles. The molecule has 3 N–H and O–H groups in total. The van der Waals surface area contributed by atoms with Crippen LogP contribution in [-0.2, 0) is 17.6 Å². The number of hydrogen-bond donors (Lipinski definition) is 3. The van der Waals surface area contributed by atoms with Gasteiger partial charge in [-0.3, -0.25) is 9.78 Å². The van der Waals surface area contributed by atoms with Gasteiger partial charge in [0.15, 0.2) is 0 Å². The standard InChI is InChI=1S/C23H23F3N4O3/c1-32-9-10-33-18-12-27-7-5-13(18)21-22(20-17(30-21)6-8-28-23(20)31)29-16-4-2-3-15(24)14(16)11-19(25)26/h2-5,7,12,19,29-30H,6,8-11H2,1H3,(H,28,31). The van der Waals surface area contributed by atoms with Gasteiger partial charge in [0.25, 0.3) is 5.91 Å². The largest absolute Gasteiger partial charge is 0.489 e. The van der Waals surface area contributed by atoms with Crippen LogP contribution in [0.1, 0.15) is 21.6 Å². The maximum absolute atomic E-state index is 14.4. The molecular weight excluding hydrogens is 437 g/mol. The van der Waals surface area contributed by atoms with Gasteiger partial charge in [-0.25, -0.2) is 13.2 Å². The number of ether oxygens (including phenoxy) is 2. The summed E-state index contributed by atoms with van der Waals surface area (Å²) in [6.07, 6.45) is 0.176. The van der Waals surface area contributed by atoms with Crippen LogP contribution in [0.3, 0.4) is 0 Å². The number of nitrogens with one attached hydrogen (secondary N) is 3. The lowest BCUT2D eigenvalue weighted by Crippen LogP contribution is -2.31. The number of carbonyl (C=O) groups is 1. The Morgan fingerprint density at radius 2 is 2.09 bits per heavy atom. The van der Waals surface area contributed by atoms with Crippen LogP contribution in [0.5, 0.6) is 5.75 Å². The zero-order chi connectivity index (χ0) is 23.4. The summed E-state index contributed by atoms with van der Waals surface area (Å²) in [7, 11) is 1.56. The number of hydrogen-bond acceptors (Lipinski definition) is 5. The van der Waals surface area contributed by atoms with Crippen LogP contribution in [-0.4, -0.2) is 49.2 Å². The average molecular weight is 460 g/mol. The molecule has 0 aliphatic carbocycles. The summed E-state index contributed by atoms with van der Waals surface area (Å²) < 4.78 is 51.5. The quantitative estimate of drug-likeness (QED) is 0.419. The van der Waals surface area contributed by atoms with Crippen LogP contribution in [0.4, 0.5) is 24.5 Å². The summed E-state index contributed by atoms with van der Waals surface area (Å²) in [6, 6.07) is 5.78. The number of rotatable bonds is 9. The van der Waals surface area contributed by atoms with Crippen molar-refractivity contribution in [3.8, 4) is 17.0 Å². The number of halogens is 3. The number of aromatic amines is 1. The summed E-state index contributed by atoms with van der Waals surface area (Å²) in [4.78, 5) is 20.1. The topological polar surface area (TPSA) is 88.3 Å². The fourth-order valence-electron chi connectivity index (χ4n) is 3.81. The van der Waals surface area contributed by atoms with Crippen molar-refractivity contribution in [3.63, 3.8) is 0 Å². The predicted molar refractivity (Wildman–Crippen MR) is 117 cm³/mol. The van der Waals surface area contributed by atoms with Gasteiger partial charge in [0.1, 0.15) is 18.2 Å². The van der Waals surface area contributed by atoms with E-state index < -0.39 is 18.7 Å². The second-order valence-electron chi connectivity index (χ2n) is 7.43. The molecule has 7 nitrogen and oxygen atoms in total. The SMILES string of the molecule is COCCOc1cnccc1-c1[nH]c2c(c1Nc1cccc(F)c1CC(F)F)C(=O)NCC2. The van der Waals surface area contributed by atoms with Gasteiger partial charge in [-0.2, -0.15) is 0 Å². The molecule has 33 heavy (non-hydrogen) atoms. The van der Waals surface area contributed by atoms with E-state index in [4.69, 9.17) is 9.47 Å². The van der Waals surface area contributed by atoms with E-state index in [1.165, 1.54) is 12.1 Å². The van der Waals surface area contributed by atoms with E-state index in [0.29, 0.717) is 53.5 Å². The third-order valence-electron chi connectivity index (χ3n) is 5.30. The normalized spacial score (nSPS) is 13.1. The van der Waals surface area contributed by atoms with Gasteiger partial charge >= 0.3 is 0 Å². The Morgan fingerprint density at radius 3 is 2.88 bits per heavy atom. The summed E-state index contributed by atoms with van der Waals surface area (Å²) in [5, 5.41) is 5.84. The molecule has 0 radical (unpaired) electrons. The Kier molecular flexibility index (Phi) is 6.83. The van der Waals surface area contributed by atoms with Crippen molar-refractivity contribution in [1.29, 1.82) is 0 Å². The van der Waals surface area contributed by atoms with E-state index in [-0.39, 0.29) is 23.8 Å². The van der Waals surface area contributed by atoms with Gasteiger partial charge < -0.3 is 25.1 Å². The number of methoxy groups -OCH3 is 1. The highest BCUT2D eigenvalue weighted by Crippen LogP contribution is 2.41. The number of benzene rings is 1. The Bertz CT molecular complexity index is 1150. The third-order valence-corrected chi connectivity index (χ3v) is 5.30. The number of anilines is 2. The van der Waals surface area contributed by atoms with Crippen LogP contribution < -0.4 is 15.4 Å². The molecule has 0 fully saturated rings. The molecule has 0 bridgehead atoms. The number of H-pyrrole nitrogens is 1. The summed E-state index contributed by atoms with van der Waals surface area (Å²) in [5.74, 6) is -0.615. The summed E-state index contributed by atoms with van der Waals surface area (Å²) in [5.41, 5.74) is 2.51. The monoisotopic (exact) mass is 460 g/mol. The van der Waals surface area contributed by atoms with Crippen molar-refractivity contribution in [1.82, 2.24) is 15.3 Å². The minimum Gasteiger partial charge on any atom is -0.489 e. The van der Waals surface area contributed by atoms with E-state index >= 15 is 0 Å². The van der Waals surface area contributed by atoms with E-state index in [0.717, 1.165) is 6.07 Å². The van der Waals surface area contributed by atoms with Crippen LogP contribution >= 0.6 is 0 Å². The minimum atomic E-state index is -2.73. The average Bonchev–Trinajstić information content (AvgIpc) is 3.16. The molecule has 0 unspecified atom stereocenters. The predicted octanol–water partition coefficient (Wildman–Crippen LogP) is 4.08. The first-order valence-corrected chi connectivity index (χ1v) is 10.4. The second-order valence-corrected chi connectivity index (χ2v) is 7.43. The molecule has 0 spiro atoms. The number of pyridine rings is 1. The Balaban J connectivity index is 1.83. The summed E-state index contributed by atoms with van der Waals surface area (Å²) >= 11 is 0. The second kappa shape index (κ2) is 9.95. The molecule has 4 rings (SSSR count). The highest BCUT2D eigenvalue weighted by molar-refractivity contribution is 6.06.